The highest BCUT2D eigenvalue weighted by Crippen LogP contribution is 2.43. The van der Waals surface area contributed by atoms with Gasteiger partial charge in [-0.25, -0.2) is 4.39 Å². The van der Waals surface area contributed by atoms with Crippen LogP contribution in [0.2, 0.25) is 0 Å². The van der Waals surface area contributed by atoms with Gasteiger partial charge in [-0.1, -0.05) is 57.5 Å². The monoisotopic (exact) mass is 726 g/mol. The molecular formula is C44H55FN2O6. The van der Waals surface area contributed by atoms with Crippen LogP contribution in [0, 0.1) is 5.82 Å². The normalized spacial score (nSPS) is 17.1. The number of carbonyl (C=O) groups excluding carboxylic acids is 2. The Morgan fingerprint density at radius 1 is 0.943 bits per heavy atom. The first-order valence-corrected chi connectivity index (χ1v) is 18.8. The molecule has 1 N–H and O–H groups in total. The summed E-state index contributed by atoms with van der Waals surface area (Å²) in [6, 6.07) is 23.7. The summed E-state index contributed by atoms with van der Waals surface area (Å²) in [5.41, 5.74) is 4.73. The molecule has 0 bridgehead atoms. The number of benzene rings is 3. The quantitative estimate of drug-likeness (QED) is 0.103. The van der Waals surface area contributed by atoms with Crippen LogP contribution in [0.1, 0.15) is 109 Å². The van der Waals surface area contributed by atoms with Crippen LogP contribution in [0.3, 0.4) is 0 Å². The first kappa shape index (κ1) is 39.7. The van der Waals surface area contributed by atoms with Crippen molar-refractivity contribution in [3.63, 3.8) is 0 Å². The molecule has 0 unspecified atom stereocenters. The Kier molecular flexibility index (Phi) is 12.8. The van der Waals surface area contributed by atoms with E-state index in [0.29, 0.717) is 37.2 Å². The van der Waals surface area contributed by atoms with Gasteiger partial charge in [-0.3, -0.25) is 9.59 Å². The van der Waals surface area contributed by atoms with Gasteiger partial charge in [-0.15, -0.1) is 0 Å². The maximum absolute atomic E-state index is 14.6. The van der Waals surface area contributed by atoms with Gasteiger partial charge in [0, 0.05) is 29.9 Å². The highest BCUT2D eigenvalue weighted by atomic mass is 19.1. The zero-order chi connectivity index (χ0) is 38.3. The number of aromatic nitrogens is 1. The Morgan fingerprint density at radius 2 is 1.60 bits per heavy atom. The van der Waals surface area contributed by atoms with E-state index in [0.717, 1.165) is 46.7 Å². The van der Waals surface area contributed by atoms with E-state index in [-0.39, 0.29) is 42.2 Å². The molecule has 1 saturated heterocycles. The van der Waals surface area contributed by atoms with Gasteiger partial charge in [0.1, 0.15) is 17.2 Å². The third-order valence-electron chi connectivity index (χ3n) is 9.05. The van der Waals surface area contributed by atoms with E-state index in [1.807, 2.05) is 89.2 Å². The fraction of sp³-hybridized carbons (Fsp3) is 0.455. The highest BCUT2D eigenvalue weighted by molar-refractivity contribution is 6.12. The molecule has 1 aliphatic rings. The second kappa shape index (κ2) is 17.1. The van der Waals surface area contributed by atoms with Crippen molar-refractivity contribution >= 4 is 17.6 Å². The summed E-state index contributed by atoms with van der Waals surface area (Å²) in [7, 11) is 0. The molecule has 2 heterocycles. The Balaban J connectivity index is 1.55. The minimum absolute atomic E-state index is 0.0614. The number of unbranched alkanes of at least 4 members (excludes halogenated alkanes) is 1. The molecule has 1 aliphatic heterocycles. The van der Waals surface area contributed by atoms with Crippen molar-refractivity contribution in [1.82, 2.24) is 4.57 Å². The third-order valence-corrected chi connectivity index (χ3v) is 9.05. The molecule has 1 aromatic heterocycles. The predicted molar refractivity (Wildman–Crippen MR) is 208 cm³/mol. The van der Waals surface area contributed by atoms with Gasteiger partial charge in [0.15, 0.2) is 5.79 Å². The zero-order valence-corrected chi connectivity index (χ0v) is 32.5. The van der Waals surface area contributed by atoms with Crippen molar-refractivity contribution in [3.05, 3.63) is 95.9 Å². The summed E-state index contributed by atoms with van der Waals surface area (Å²) < 4.78 is 40.6. The predicted octanol–water partition coefficient (Wildman–Crippen LogP) is 10.5. The number of hydrogen-bond donors (Lipinski definition) is 1. The SMILES string of the molecule is CCCCOc1ccc(NC(=O)c2c(-c3ccccc3)c(-c3ccc(F)cc3)n(CC[C@@H]3C[C@H](CC(=O)OC(C)(C)C)OC(C)(C)O3)c2C(C)C)cc1. The van der Waals surface area contributed by atoms with Crippen LogP contribution >= 0.6 is 0 Å². The summed E-state index contributed by atoms with van der Waals surface area (Å²) >= 11 is 0. The van der Waals surface area contributed by atoms with Crippen LogP contribution < -0.4 is 10.1 Å². The first-order valence-electron chi connectivity index (χ1n) is 18.8. The number of halogens is 1. The van der Waals surface area contributed by atoms with Crippen LogP contribution in [0.15, 0.2) is 78.9 Å². The largest absolute Gasteiger partial charge is 0.494 e. The topological polar surface area (TPSA) is 88.0 Å². The summed E-state index contributed by atoms with van der Waals surface area (Å²) in [5, 5.41) is 3.16. The van der Waals surface area contributed by atoms with E-state index in [2.05, 4.69) is 30.7 Å². The van der Waals surface area contributed by atoms with Gasteiger partial charge in [-0.05, 0) is 113 Å². The van der Waals surface area contributed by atoms with Gasteiger partial charge < -0.3 is 28.8 Å². The van der Waals surface area contributed by atoms with Crippen LogP contribution in [-0.2, 0) is 25.5 Å². The number of esters is 1. The lowest BCUT2D eigenvalue weighted by atomic mass is 9.94. The summed E-state index contributed by atoms with van der Waals surface area (Å²) in [4.78, 5) is 27.4. The molecule has 1 amide bonds. The van der Waals surface area contributed by atoms with Crippen molar-refractivity contribution in [1.29, 1.82) is 0 Å². The first-order chi connectivity index (χ1) is 25.1. The molecule has 0 aliphatic carbocycles. The minimum atomic E-state index is -0.913. The zero-order valence-electron chi connectivity index (χ0n) is 32.5. The van der Waals surface area contributed by atoms with E-state index in [4.69, 9.17) is 18.9 Å². The van der Waals surface area contributed by atoms with Crippen LogP contribution in [-0.4, -0.2) is 46.6 Å². The molecule has 4 aromatic rings. The second-order valence-corrected chi connectivity index (χ2v) is 15.5. The van der Waals surface area contributed by atoms with Gasteiger partial charge in [0.05, 0.1) is 36.5 Å². The van der Waals surface area contributed by atoms with Crippen molar-refractivity contribution < 1.29 is 32.9 Å². The second-order valence-electron chi connectivity index (χ2n) is 15.5. The average molecular weight is 727 g/mol. The van der Waals surface area contributed by atoms with Crippen LogP contribution in [0.4, 0.5) is 10.1 Å². The smallest absolute Gasteiger partial charge is 0.308 e. The Bertz CT molecular complexity index is 1820. The van der Waals surface area contributed by atoms with Crippen molar-refractivity contribution in [2.75, 3.05) is 11.9 Å². The van der Waals surface area contributed by atoms with Crippen LogP contribution in [0.5, 0.6) is 5.75 Å². The molecule has 8 nitrogen and oxygen atoms in total. The number of anilines is 1. The Morgan fingerprint density at radius 3 is 2.23 bits per heavy atom. The minimum Gasteiger partial charge on any atom is -0.494 e. The van der Waals surface area contributed by atoms with E-state index in [1.54, 1.807) is 12.1 Å². The van der Waals surface area contributed by atoms with Crippen molar-refractivity contribution in [2.24, 2.45) is 0 Å². The summed E-state index contributed by atoms with van der Waals surface area (Å²) in [6.07, 6.45) is 2.59. The molecule has 5 rings (SSSR count). The molecule has 0 spiro atoms. The molecule has 284 valence electrons. The number of carbonyl (C=O) groups is 2. The Labute approximate surface area is 314 Å². The number of amides is 1. The summed E-state index contributed by atoms with van der Waals surface area (Å²) in [5.74, 6) is -1.12. The Hall–Kier alpha value is -4.47. The van der Waals surface area contributed by atoms with Gasteiger partial charge in [0.25, 0.3) is 5.91 Å². The number of nitrogens with one attached hydrogen (secondary N) is 1. The standard InChI is InChI=1S/C44H55FN2O6/c1-9-10-26-50-34-22-20-33(21-23-34)46-42(49)39-38(30-14-12-11-13-15-30)41(31-16-18-32(45)19-17-31)47(40(39)29(2)3)25-24-35-27-36(52-44(7,8)51-35)28-37(48)53-43(4,5)6/h11-23,29,35-36H,9-10,24-28H2,1-8H3,(H,46,49)/t35-,36-/m1/s1. The molecule has 9 heteroatoms. The molecule has 0 radical (unpaired) electrons. The van der Waals surface area contributed by atoms with E-state index in [1.165, 1.54) is 12.1 Å². The molecule has 53 heavy (non-hydrogen) atoms. The molecule has 0 saturated carbocycles. The van der Waals surface area contributed by atoms with Crippen LogP contribution in [0.25, 0.3) is 22.4 Å². The van der Waals surface area contributed by atoms with Gasteiger partial charge in [0.2, 0.25) is 0 Å². The summed E-state index contributed by atoms with van der Waals surface area (Å²) in [6.45, 7) is 16.7. The van der Waals surface area contributed by atoms with Gasteiger partial charge >= 0.3 is 5.97 Å². The lowest BCUT2D eigenvalue weighted by Gasteiger charge is -2.41. The maximum Gasteiger partial charge on any atom is 0.308 e. The molecule has 2 atom stereocenters. The van der Waals surface area contributed by atoms with Crippen molar-refractivity contribution in [2.45, 2.75) is 124 Å². The molecule has 3 aromatic carbocycles. The van der Waals surface area contributed by atoms with Crippen molar-refractivity contribution in [3.8, 4) is 28.1 Å². The van der Waals surface area contributed by atoms with E-state index in [9.17, 15) is 14.0 Å². The number of rotatable bonds is 14. The lowest BCUT2D eigenvalue weighted by Crippen LogP contribution is -2.46. The van der Waals surface area contributed by atoms with E-state index < -0.39 is 11.4 Å². The fourth-order valence-corrected chi connectivity index (χ4v) is 7.02. The van der Waals surface area contributed by atoms with E-state index >= 15 is 0 Å². The fourth-order valence-electron chi connectivity index (χ4n) is 7.02. The highest BCUT2D eigenvalue weighted by Gasteiger charge is 2.38. The number of ether oxygens (including phenoxy) is 4. The number of nitrogens with zero attached hydrogens (tertiary/aromatic N) is 1. The maximum atomic E-state index is 14.6. The lowest BCUT2D eigenvalue weighted by molar-refractivity contribution is -0.301. The third kappa shape index (κ3) is 10.6. The molecule has 1 fully saturated rings. The van der Waals surface area contributed by atoms with Gasteiger partial charge in [-0.2, -0.15) is 0 Å². The number of hydrogen-bond acceptors (Lipinski definition) is 6. The molecular weight excluding hydrogens is 671 g/mol. The average Bonchev–Trinajstić information content (AvgIpc) is 3.43.